The number of benzene rings is 1. The molecule has 4 rings (SSSR count). The monoisotopic (exact) mass is 494 g/mol. The molecule has 2 aromatic rings. The molecule has 0 spiro atoms. The Morgan fingerprint density at radius 1 is 1.15 bits per heavy atom. The van der Waals surface area contributed by atoms with E-state index in [1.807, 2.05) is 11.5 Å². The number of amides is 1. The SMILES string of the molecule is COc1ccc(Cl)cc1-n1c(C)cc(C(=O)OCC(=O)N(C2CC2)[C@H]2CCS(=O)(=O)C2)c1C. The predicted octanol–water partition coefficient (Wildman–Crippen LogP) is 3.09. The van der Waals surface area contributed by atoms with E-state index in [0.717, 1.165) is 18.5 Å². The van der Waals surface area contributed by atoms with Crippen LogP contribution in [0.2, 0.25) is 5.02 Å². The number of hydrogen-bond acceptors (Lipinski definition) is 6. The smallest absolute Gasteiger partial charge is 0.340 e. The fourth-order valence-electron chi connectivity index (χ4n) is 4.51. The number of methoxy groups -OCH3 is 1. The van der Waals surface area contributed by atoms with Gasteiger partial charge in [0.05, 0.1) is 29.9 Å². The summed E-state index contributed by atoms with van der Waals surface area (Å²) in [6.45, 7) is 3.21. The van der Waals surface area contributed by atoms with Crippen LogP contribution in [0, 0.1) is 13.8 Å². The zero-order valence-corrected chi connectivity index (χ0v) is 20.4. The molecule has 1 saturated carbocycles. The summed E-state index contributed by atoms with van der Waals surface area (Å²) in [6, 6.07) is 6.62. The van der Waals surface area contributed by atoms with Crippen LogP contribution in [0.25, 0.3) is 5.69 Å². The Kier molecular flexibility index (Phi) is 6.46. The van der Waals surface area contributed by atoms with Gasteiger partial charge < -0.3 is 18.9 Å². The average Bonchev–Trinajstić information content (AvgIpc) is 3.46. The minimum Gasteiger partial charge on any atom is -0.495 e. The summed E-state index contributed by atoms with van der Waals surface area (Å²) in [6.07, 6.45) is 2.12. The molecule has 1 saturated heterocycles. The van der Waals surface area contributed by atoms with Gasteiger partial charge in [0.25, 0.3) is 5.91 Å². The molecule has 2 heterocycles. The third-order valence-electron chi connectivity index (χ3n) is 6.19. The first-order valence-electron chi connectivity index (χ1n) is 10.8. The number of rotatable bonds is 7. The van der Waals surface area contributed by atoms with Crippen LogP contribution in [0.5, 0.6) is 5.75 Å². The highest BCUT2D eigenvalue weighted by atomic mass is 35.5. The van der Waals surface area contributed by atoms with Crippen molar-refractivity contribution in [2.24, 2.45) is 0 Å². The molecular formula is C23H27ClN2O6S. The van der Waals surface area contributed by atoms with Gasteiger partial charge in [0.2, 0.25) is 0 Å². The van der Waals surface area contributed by atoms with Gasteiger partial charge in [-0.05, 0) is 57.4 Å². The Bertz CT molecular complexity index is 1200. The second kappa shape index (κ2) is 9.02. The van der Waals surface area contributed by atoms with Gasteiger partial charge in [0, 0.05) is 28.5 Å². The lowest BCUT2D eigenvalue weighted by Crippen LogP contribution is -2.44. The van der Waals surface area contributed by atoms with Crippen molar-refractivity contribution >= 4 is 33.3 Å². The lowest BCUT2D eigenvalue weighted by atomic mass is 10.2. The molecule has 1 aliphatic carbocycles. The number of esters is 1. The number of aryl methyl sites for hydroxylation is 1. The lowest BCUT2D eigenvalue weighted by Gasteiger charge is -2.28. The Morgan fingerprint density at radius 3 is 2.48 bits per heavy atom. The van der Waals surface area contributed by atoms with E-state index in [0.29, 0.717) is 34.1 Å². The Morgan fingerprint density at radius 2 is 1.88 bits per heavy atom. The molecule has 0 N–H and O–H groups in total. The third-order valence-corrected chi connectivity index (χ3v) is 8.18. The first kappa shape index (κ1) is 23.6. The molecular weight excluding hydrogens is 468 g/mol. The van der Waals surface area contributed by atoms with Crippen molar-refractivity contribution in [2.45, 2.75) is 45.2 Å². The number of sulfone groups is 1. The van der Waals surface area contributed by atoms with E-state index in [4.69, 9.17) is 21.1 Å². The van der Waals surface area contributed by atoms with Crippen LogP contribution in [-0.4, -0.2) is 67.1 Å². The molecule has 33 heavy (non-hydrogen) atoms. The maximum Gasteiger partial charge on any atom is 0.340 e. The molecule has 8 nitrogen and oxygen atoms in total. The second-order valence-electron chi connectivity index (χ2n) is 8.60. The molecule has 2 fully saturated rings. The highest BCUT2D eigenvalue weighted by Gasteiger charge is 2.42. The molecule has 0 unspecified atom stereocenters. The van der Waals surface area contributed by atoms with Crippen molar-refractivity contribution < 1.29 is 27.5 Å². The van der Waals surface area contributed by atoms with Crippen molar-refractivity contribution in [3.05, 3.63) is 46.2 Å². The predicted molar refractivity (Wildman–Crippen MR) is 124 cm³/mol. The van der Waals surface area contributed by atoms with Crippen molar-refractivity contribution in [1.29, 1.82) is 0 Å². The quantitative estimate of drug-likeness (QED) is 0.549. The Balaban J connectivity index is 1.50. The van der Waals surface area contributed by atoms with E-state index in [9.17, 15) is 18.0 Å². The summed E-state index contributed by atoms with van der Waals surface area (Å²) < 4.78 is 36.4. The zero-order valence-electron chi connectivity index (χ0n) is 18.8. The number of ether oxygens (including phenoxy) is 2. The topological polar surface area (TPSA) is 94.9 Å². The maximum absolute atomic E-state index is 12.9. The summed E-state index contributed by atoms with van der Waals surface area (Å²) in [5, 5.41) is 0.530. The fraction of sp³-hybridized carbons (Fsp3) is 0.478. The average molecular weight is 495 g/mol. The molecule has 0 bridgehead atoms. The molecule has 1 aliphatic heterocycles. The number of nitrogens with zero attached hydrogens (tertiary/aromatic N) is 2. The molecule has 2 aliphatic rings. The number of hydrogen-bond donors (Lipinski definition) is 0. The van der Waals surface area contributed by atoms with Crippen LogP contribution >= 0.6 is 11.6 Å². The summed E-state index contributed by atoms with van der Waals surface area (Å²) in [4.78, 5) is 27.4. The molecule has 0 radical (unpaired) electrons. The number of aromatic nitrogens is 1. The third kappa shape index (κ3) is 4.89. The molecule has 10 heteroatoms. The van der Waals surface area contributed by atoms with Crippen molar-refractivity contribution in [1.82, 2.24) is 9.47 Å². The van der Waals surface area contributed by atoms with Crippen LogP contribution in [0.3, 0.4) is 0 Å². The van der Waals surface area contributed by atoms with Crippen molar-refractivity contribution in [3.63, 3.8) is 0 Å². The van der Waals surface area contributed by atoms with Gasteiger partial charge in [-0.15, -0.1) is 0 Å². The highest BCUT2D eigenvalue weighted by molar-refractivity contribution is 7.91. The summed E-state index contributed by atoms with van der Waals surface area (Å²) in [7, 11) is -1.56. The number of carbonyl (C=O) groups excluding carboxylic acids is 2. The molecule has 1 aromatic heterocycles. The van der Waals surface area contributed by atoms with E-state index in [2.05, 4.69) is 0 Å². The largest absolute Gasteiger partial charge is 0.495 e. The van der Waals surface area contributed by atoms with Gasteiger partial charge in [-0.25, -0.2) is 13.2 Å². The van der Waals surface area contributed by atoms with E-state index >= 15 is 0 Å². The Labute approximate surface area is 198 Å². The molecule has 178 valence electrons. The van der Waals surface area contributed by atoms with Gasteiger partial charge in [0.1, 0.15) is 5.75 Å². The number of halogens is 1. The van der Waals surface area contributed by atoms with Gasteiger partial charge >= 0.3 is 5.97 Å². The van der Waals surface area contributed by atoms with Gasteiger partial charge in [0.15, 0.2) is 16.4 Å². The first-order chi connectivity index (χ1) is 15.6. The van der Waals surface area contributed by atoms with Crippen LogP contribution in [-0.2, 0) is 19.4 Å². The summed E-state index contributed by atoms with van der Waals surface area (Å²) in [5.74, 6) is -0.293. The van der Waals surface area contributed by atoms with E-state index in [1.54, 1.807) is 43.2 Å². The maximum atomic E-state index is 12.9. The minimum absolute atomic E-state index is 0.0220. The van der Waals surface area contributed by atoms with Crippen LogP contribution < -0.4 is 4.74 Å². The standard InChI is InChI=1S/C23H27ClN2O6S/c1-14-10-19(15(2)25(14)20-11-16(24)4-7-21(20)31-3)23(28)32-12-22(27)26(17-5-6-17)18-8-9-33(29,30)13-18/h4,7,10-11,17-18H,5-6,8-9,12-13H2,1-3H3/t18-/m0/s1. The minimum atomic E-state index is -3.12. The Hall–Kier alpha value is -2.52. The van der Waals surface area contributed by atoms with E-state index < -0.39 is 22.4 Å². The highest BCUT2D eigenvalue weighted by Crippen LogP contribution is 2.33. The molecule has 1 atom stereocenters. The number of carbonyl (C=O) groups is 2. The zero-order chi connectivity index (χ0) is 23.9. The fourth-order valence-corrected chi connectivity index (χ4v) is 6.39. The lowest BCUT2D eigenvalue weighted by molar-refractivity contribution is -0.137. The van der Waals surface area contributed by atoms with E-state index in [1.165, 1.54) is 0 Å². The summed E-state index contributed by atoms with van der Waals surface area (Å²) in [5.41, 5.74) is 2.44. The van der Waals surface area contributed by atoms with Crippen LogP contribution in [0.15, 0.2) is 24.3 Å². The van der Waals surface area contributed by atoms with Crippen molar-refractivity contribution in [3.8, 4) is 11.4 Å². The van der Waals surface area contributed by atoms with Gasteiger partial charge in [-0.2, -0.15) is 0 Å². The molecule has 1 amide bonds. The van der Waals surface area contributed by atoms with Crippen LogP contribution in [0.4, 0.5) is 0 Å². The normalized spacial score (nSPS) is 19.3. The molecule has 1 aromatic carbocycles. The van der Waals surface area contributed by atoms with E-state index in [-0.39, 0.29) is 29.5 Å². The second-order valence-corrected chi connectivity index (χ2v) is 11.3. The summed E-state index contributed by atoms with van der Waals surface area (Å²) >= 11 is 6.17. The van der Waals surface area contributed by atoms with Crippen molar-refractivity contribution in [2.75, 3.05) is 25.2 Å². The van der Waals surface area contributed by atoms with Gasteiger partial charge in [-0.3, -0.25) is 4.79 Å². The first-order valence-corrected chi connectivity index (χ1v) is 13.0. The van der Waals surface area contributed by atoms with Gasteiger partial charge in [-0.1, -0.05) is 11.6 Å². The van der Waals surface area contributed by atoms with Crippen LogP contribution in [0.1, 0.15) is 41.0 Å².